The molecule has 5 rings (SSSR count). The number of aliphatic hydroxyl groups excluding tert-OH is 1. The smallest absolute Gasteiger partial charge is 0.225 e. The molecule has 0 atom stereocenters. The molecule has 2 N–H and O–H groups in total. The fourth-order valence-corrected chi connectivity index (χ4v) is 4.80. The first-order valence-corrected chi connectivity index (χ1v) is 13.1. The molecule has 37 heavy (non-hydrogen) atoms. The van der Waals surface area contributed by atoms with Gasteiger partial charge in [0.05, 0.1) is 24.7 Å². The number of anilines is 1. The molecule has 9 nitrogen and oxygen atoms in total. The highest BCUT2D eigenvalue weighted by atomic mass is 35.5. The Hall–Kier alpha value is -2.53. The highest BCUT2D eigenvalue weighted by Crippen LogP contribution is 2.30. The summed E-state index contributed by atoms with van der Waals surface area (Å²) in [6.45, 7) is 7.81. The molecule has 3 aromatic rings. The van der Waals surface area contributed by atoms with Crippen LogP contribution in [0.5, 0.6) is 11.6 Å². The van der Waals surface area contributed by atoms with Crippen LogP contribution < -0.4 is 15.0 Å². The van der Waals surface area contributed by atoms with Crippen molar-refractivity contribution in [3.8, 4) is 22.9 Å². The Morgan fingerprint density at radius 1 is 0.946 bits per heavy atom. The molecule has 1 aromatic carbocycles. The number of nitrogens with zero attached hydrogens (tertiary/aromatic N) is 5. The van der Waals surface area contributed by atoms with Gasteiger partial charge in [0.15, 0.2) is 5.75 Å². The number of hydrogen-bond acceptors (Lipinski definition) is 9. The quantitative estimate of drug-likeness (QED) is 0.477. The minimum atomic E-state index is 0.471. The fourth-order valence-electron chi connectivity index (χ4n) is 4.28. The maximum absolute atomic E-state index is 7.00. The number of benzene rings is 1. The second kappa shape index (κ2) is 13.9. The summed E-state index contributed by atoms with van der Waals surface area (Å²) in [5.74, 6) is 1.71. The minimum Gasteiger partial charge on any atom is -0.436 e. The first-order valence-electron chi connectivity index (χ1n) is 12.3. The van der Waals surface area contributed by atoms with Gasteiger partial charge in [-0.1, -0.05) is 23.2 Å². The third-order valence-electron chi connectivity index (χ3n) is 5.98. The summed E-state index contributed by atoms with van der Waals surface area (Å²) in [6.07, 6.45) is 4.41. The zero-order valence-corrected chi connectivity index (χ0v) is 22.4. The molecule has 2 aliphatic rings. The Morgan fingerprint density at radius 3 is 2.41 bits per heavy atom. The Labute approximate surface area is 227 Å². The minimum absolute atomic E-state index is 0.471. The van der Waals surface area contributed by atoms with E-state index < -0.39 is 0 Å². The van der Waals surface area contributed by atoms with Crippen LogP contribution in [0.1, 0.15) is 12.0 Å². The van der Waals surface area contributed by atoms with E-state index >= 15 is 0 Å². The lowest BCUT2D eigenvalue weighted by Crippen LogP contribution is -2.44. The van der Waals surface area contributed by atoms with Gasteiger partial charge in [-0.3, -0.25) is 4.90 Å². The van der Waals surface area contributed by atoms with Gasteiger partial charge in [0, 0.05) is 81.2 Å². The lowest BCUT2D eigenvalue weighted by molar-refractivity contribution is 0.140. The summed E-state index contributed by atoms with van der Waals surface area (Å²) in [7, 11) is 1.00. The van der Waals surface area contributed by atoms with E-state index in [9.17, 15) is 0 Å². The van der Waals surface area contributed by atoms with Crippen LogP contribution in [0.2, 0.25) is 10.0 Å². The van der Waals surface area contributed by atoms with Crippen molar-refractivity contribution in [2.24, 2.45) is 0 Å². The largest absolute Gasteiger partial charge is 0.436 e. The second-order valence-electron chi connectivity index (χ2n) is 8.66. The van der Waals surface area contributed by atoms with Crippen molar-refractivity contribution < 1.29 is 14.6 Å². The molecule has 0 spiro atoms. The molecule has 2 fully saturated rings. The second-order valence-corrected chi connectivity index (χ2v) is 9.53. The molecule has 0 radical (unpaired) electrons. The van der Waals surface area contributed by atoms with Gasteiger partial charge in [0.1, 0.15) is 0 Å². The van der Waals surface area contributed by atoms with E-state index in [0.29, 0.717) is 27.6 Å². The molecule has 0 amide bonds. The van der Waals surface area contributed by atoms with Crippen molar-refractivity contribution in [1.82, 2.24) is 25.2 Å². The van der Waals surface area contributed by atoms with Crippen LogP contribution in [0.4, 0.5) is 5.95 Å². The Balaban J connectivity index is 0.00000156. The summed E-state index contributed by atoms with van der Waals surface area (Å²) >= 11 is 12.5. The predicted octanol–water partition coefficient (Wildman–Crippen LogP) is 3.88. The maximum atomic E-state index is 7.00. The number of nitrogens with one attached hydrogen (secondary N) is 1. The Bertz CT molecular complexity index is 1120. The highest BCUT2D eigenvalue weighted by Gasteiger charge is 2.15. The summed E-state index contributed by atoms with van der Waals surface area (Å²) in [4.78, 5) is 18.3. The predicted molar refractivity (Wildman–Crippen MR) is 146 cm³/mol. The molecule has 2 aromatic heterocycles. The van der Waals surface area contributed by atoms with Crippen molar-refractivity contribution in [2.45, 2.75) is 13.0 Å². The van der Waals surface area contributed by atoms with Crippen molar-refractivity contribution in [3.05, 3.63) is 58.3 Å². The molecule has 2 aliphatic heterocycles. The average molecular weight is 547 g/mol. The molecule has 2 saturated heterocycles. The third kappa shape index (κ3) is 7.98. The van der Waals surface area contributed by atoms with Crippen molar-refractivity contribution in [2.75, 3.05) is 64.5 Å². The van der Waals surface area contributed by atoms with E-state index in [2.05, 4.69) is 31.2 Å². The number of aromatic nitrogens is 3. The number of rotatable bonds is 6. The van der Waals surface area contributed by atoms with Crippen LogP contribution in [0.3, 0.4) is 0 Å². The van der Waals surface area contributed by atoms with Crippen molar-refractivity contribution >= 4 is 29.2 Å². The van der Waals surface area contributed by atoms with E-state index in [1.165, 1.54) is 0 Å². The van der Waals surface area contributed by atoms with Gasteiger partial charge in [0.2, 0.25) is 11.8 Å². The number of piperazine rings is 1. The molecular weight excluding hydrogens is 515 g/mol. The van der Waals surface area contributed by atoms with E-state index in [-0.39, 0.29) is 0 Å². The Morgan fingerprint density at radius 2 is 1.68 bits per heavy atom. The molecule has 11 heteroatoms. The van der Waals surface area contributed by atoms with E-state index in [1.54, 1.807) is 18.5 Å². The molecule has 0 bridgehead atoms. The molecular formula is C26H32Cl2N6O3. The summed E-state index contributed by atoms with van der Waals surface area (Å²) in [5.41, 5.74) is 2.66. The highest BCUT2D eigenvalue weighted by molar-refractivity contribution is 6.35. The summed E-state index contributed by atoms with van der Waals surface area (Å²) in [6, 6.07) is 9.45. The maximum Gasteiger partial charge on any atom is 0.225 e. The summed E-state index contributed by atoms with van der Waals surface area (Å²) in [5, 5.41) is 11.5. The number of pyridine rings is 1. The van der Waals surface area contributed by atoms with Crippen LogP contribution in [0.15, 0.2) is 42.7 Å². The first-order chi connectivity index (χ1) is 18.1. The Kier molecular flexibility index (Phi) is 10.3. The van der Waals surface area contributed by atoms with Crippen molar-refractivity contribution in [1.29, 1.82) is 0 Å². The molecule has 0 aliphatic carbocycles. The zero-order valence-electron chi connectivity index (χ0n) is 20.9. The number of ether oxygens (including phenoxy) is 2. The molecule has 198 valence electrons. The van der Waals surface area contributed by atoms with Gasteiger partial charge in [0.25, 0.3) is 0 Å². The van der Waals surface area contributed by atoms with Gasteiger partial charge < -0.3 is 24.8 Å². The zero-order chi connectivity index (χ0) is 26.0. The van der Waals surface area contributed by atoms with Gasteiger partial charge in [-0.15, -0.1) is 0 Å². The standard InChI is InChI=1S/C25H28Cl2N6O2.CH4O/c26-20-12-19(13-21(27)14-20)23-10-18(17-32-4-1-8-34-9-7-32)11-24(31-23)35-22-15-29-25(30-16-22)33-5-2-28-3-6-33;1-2/h10-16,28H,1-9,17H2;2H,1H3. The van der Waals surface area contributed by atoms with E-state index in [1.807, 2.05) is 18.2 Å². The monoisotopic (exact) mass is 546 g/mol. The van der Waals surface area contributed by atoms with Gasteiger partial charge in [-0.05, 0) is 36.2 Å². The van der Waals surface area contributed by atoms with Gasteiger partial charge in [-0.25, -0.2) is 15.0 Å². The SMILES string of the molecule is CO.Clc1cc(Cl)cc(-c2cc(CN3CCCOCC3)cc(Oc3cnc(N4CCNCC4)nc3)n2)c1. The number of hydrogen-bond donors (Lipinski definition) is 2. The molecule has 0 unspecified atom stereocenters. The van der Waals surface area contributed by atoms with E-state index in [0.717, 1.165) is 89.4 Å². The summed E-state index contributed by atoms with van der Waals surface area (Å²) < 4.78 is 11.7. The van der Waals surface area contributed by atoms with Crippen LogP contribution in [0, 0.1) is 0 Å². The normalized spacial score (nSPS) is 16.5. The van der Waals surface area contributed by atoms with Crippen molar-refractivity contribution in [3.63, 3.8) is 0 Å². The molecule has 4 heterocycles. The average Bonchev–Trinajstić information content (AvgIpc) is 3.19. The number of halogens is 2. The lowest BCUT2D eigenvalue weighted by atomic mass is 10.1. The topological polar surface area (TPSA) is 95.9 Å². The van der Waals surface area contributed by atoms with Crippen LogP contribution in [-0.2, 0) is 11.3 Å². The fraction of sp³-hybridized carbons (Fsp3) is 0.423. The van der Waals surface area contributed by atoms with Crippen LogP contribution in [0.25, 0.3) is 11.3 Å². The lowest BCUT2D eigenvalue weighted by Gasteiger charge is -2.27. The van der Waals surface area contributed by atoms with Crippen LogP contribution >= 0.6 is 23.2 Å². The third-order valence-corrected chi connectivity index (χ3v) is 6.41. The van der Waals surface area contributed by atoms with Crippen LogP contribution in [-0.4, -0.2) is 84.6 Å². The van der Waals surface area contributed by atoms with Gasteiger partial charge in [-0.2, -0.15) is 0 Å². The molecule has 0 saturated carbocycles. The van der Waals surface area contributed by atoms with Gasteiger partial charge >= 0.3 is 0 Å². The number of aliphatic hydroxyl groups is 1. The first kappa shape index (κ1) is 27.5. The van der Waals surface area contributed by atoms with E-state index in [4.69, 9.17) is 42.8 Å².